The Hall–Kier alpha value is -2.45. The third-order valence-corrected chi connectivity index (χ3v) is 3.63. The highest BCUT2D eigenvalue weighted by atomic mass is 14.8. The highest BCUT2D eigenvalue weighted by Gasteiger charge is 2.10. The van der Waals surface area contributed by atoms with E-state index in [1.807, 2.05) is 36.5 Å². The van der Waals surface area contributed by atoms with Gasteiger partial charge in [0.25, 0.3) is 0 Å². The Morgan fingerprint density at radius 2 is 1.52 bits per heavy atom. The van der Waals surface area contributed by atoms with Gasteiger partial charge >= 0.3 is 0 Å². The molecule has 0 spiro atoms. The second-order valence-electron chi connectivity index (χ2n) is 5.22. The maximum Gasteiger partial charge on any atom is 0.0726 e. The van der Waals surface area contributed by atoms with Crippen LogP contribution in [0, 0.1) is 6.92 Å². The minimum Gasteiger partial charge on any atom is -0.319 e. The fourth-order valence-electron chi connectivity index (χ4n) is 2.41. The van der Waals surface area contributed by atoms with Gasteiger partial charge < -0.3 is 5.73 Å². The molecule has 0 aliphatic heterocycles. The normalized spacial score (nSPS) is 12.1. The molecule has 1 aromatic heterocycles. The maximum absolute atomic E-state index is 6.31. The lowest BCUT2D eigenvalue weighted by molar-refractivity contribution is 0.827. The molecule has 0 bridgehead atoms. The SMILES string of the molecule is Cc1ccnc(C(N)c2ccc(-c3ccccc3)cc2)c1. The lowest BCUT2D eigenvalue weighted by atomic mass is 9.99. The number of pyridine rings is 1. The molecular weight excluding hydrogens is 256 g/mol. The summed E-state index contributed by atoms with van der Waals surface area (Å²) in [4.78, 5) is 4.37. The Bertz CT molecular complexity index is 718. The van der Waals surface area contributed by atoms with E-state index >= 15 is 0 Å². The third-order valence-electron chi connectivity index (χ3n) is 3.63. The van der Waals surface area contributed by atoms with Gasteiger partial charge in [0.05, 0.1) is 11.7 Å². The van der Waals surface area contributed by atoms with Gasteiger partial charge in [0.15, 0.2) is 0 Å². The average molecular weight is 274 g/mol. The van der Waals surface area contributed by atoms with Gasteiger partial charge in [-0.3, -0.25) is 4.98 Å². The summed E-state index contributed by atoms with van der Waals surface area (Å²) in [5.41, 5.74) is 11.9. The molecule has 2 N–H and O–H groups in total. The molecule has 0 fully saturated rings. The van der Waals surface area contributed by atoms with Crippen molar-refractivity contribution in [2.75, 3.05) is 0 Å². The second kappa shape index (κ2) is 5.90. The van der Waals surface area contributed by atoms with Crippen LogP contribution in [-0.4, -0.2) is 4.98 Å². The fraction of sp³-hybridized carbons (Fsp3) is 0.105. The summed E-state index contributed by atoms with van der Waals surface area (Å²) in [6, 6.07) is 22.6. The quantitative estimate of drug-likeness (QED) is 0.780. The van der Waals surface area contributed by atoms with Gasteiger partial charge in [-0.1, -0.05) is 54.6 Å². The van der Waals surface area contributed by atoms with Crippen LogP contribution >= 0.6 is 0 Å². The number of nitrogens with two attached hydrogens (primary N) is 1. The summed E-state index contributed by atoms with van der Waals surface area (Å²) in [6.45, 7) is 2.05. The fourth-order valence-corrected chi connectivity index (χ4v) is 2.41. The van der Waals surface area contributed by atoms with E-state index in [9.17, 15) is 0 Å². The van der Waals surface area contributed by atoms with E-state index in [0.717, 1.165) is 11.3 Å². The zero-order chi connectivity index (χ0) is 14.7. The first-order valence-electron chi connectivity index (χ1n) is 7.07. The molecular formula is C19H18N2. The van der Waals surface area contributed by atoms with Crippen LogP contribution in [0.5, 0.6) is 0 Å². The van der Waals surface area contributed by atoms with Crippen molar-refractivity contribution in [2.45, 2.75) is 13.0 Å². The van der Waals surface area contributed by atoms with Crippen molar-refractivity contribution in [3.05, 3.63) is 89.7 Å². The van der Waals surface area contributed by atoms with E-state index in [1.165, 1.54) is 16.7 Å². The van der Waals surface area contributed by atoms with E-state index in [-0.39, 0.29) is 6.04 Å². The van der Waals surface area contributed by atoms with Crippen LogP contribution < -0.4 is 5.73 Å². The molecule has 0 saturated carbocycles. The van der Waals surface area contributed by atoms with Crippen molar-refractivity contribution >= 4 is 0 Å². The van der Waals surface area contributed by atoms with E-state index in [4.69, 9.17) is 5.73 Å². The highest BCUT2D eigenvalue weighted by Crippen LogP contribution is 2.23. The van der Waals surface area contributed by atoms with Crippen LogP contribution in [0.15, 0.2) is 72.9 Å². The van der Waals surface area contributed by atoms with Gasteiger partial charge in [-0.15, -0.1) is 0 Å². The number of hydrogen-bond acceptors (Lipinski definition) is 2. The summed E-state index contributed by atoms with van der Waals surface area (Å²) in [7, 11) is 0. The average Bonchev–Trinajstić information content (AvgIpc) is 2.55. The van der Waals surface area contributed by atoms with Gasteiger partial charge in [0.2, 0.25) is 0 Å². The predicted molar refractivity (Wildman–Crippen MR) is 86.9 cm³/mol. The number of benzene rings is 2. The standard InChI is InChI=1S/C19H18N2/c1-14-11-12-21-18(13-14)19(20)17-9-7-16(8-10-17)15-5-3-2-4-6-15/h2-13,19H,20H2,1H3. The Morgan fingerprint density at radius 1 is 0.857 bits per heavy atom. The van der Waals surface area contributed by atoms with Gasteiger partial charge in [-0.2, -0.15) is 0 Å². The van der Waals surface area contributed by atoms with Crippen molar-refractivity contribution < 1.29 is 0 Å². The Balaban J connectivity index is 1.87. The Kier molecular flexibility index (Phi) is 3.80. The van der Waals surface area contributed by atoms with Crippen molar-refractivity contribution in [3.8, 4) is 11.1 Å². The van der Waals surface area contributed by atoms with Crippen molar-refractivity contribution in [1.82, 2.24) is 4.98 Å². The van der Waals surface area contributed by atoms with Gasteiger partial charge in [-0.05, 0) is 41.3 Å². The molecule has 0 saturated heterocycles. The summed E-state index contributed by atoms with van der Waals surface area (Å²) < 4.78 is 0. The first-order chi connectivity index (χ1) is 10.2. The summed E-state index contributed by atoms with van der Waals surface area (Å²) in [5.74, 6) is 0. The van der Waals surface area contributed by atoms with Gasteiger partial charge in [0, 0.05) is 6.20 Å². The Morgan fingerprint density at radius 3 is 2.19 bits per heavy atom. The molecule has 0 amide bonds. The number of rotatable bonds is 3. The molecule has 1 unspecified atom stereocenters. The molecule has 3 aromatic rings. The molecule has 1 heterocycles. The molecule has 0 aliphatic carbocycles. The maximum atomic E-state index is 6.31. The van der Waals surface area contributed by atoms with Crippen molar-refractivity contribution in [2.24, 2.45) is 5.73 Å². The highest BCUT2D eigenvalue weighted by molar-refractivity contribution is 5.63. The lowest BCUT2D eigenvalue weighted by Gasteiger charge is -2.13. The minimum atomic E-state index is -0.185. The monoisotopic (exact) mass is 274 g/mol. The molecule has 1 atom stereocenters. The summed E-state index contributed by atoms with van der Waals surface area (Å²) in [6.07, 6.45) is 1.81. The van der Waals surface area contributed by atoms with Crippen LogP contribution in [0.25, 0.3) is 11.1 Å². The zero-order valence-corrected chi connectivity index (χ0v) is 12.0. The summed E-state index contributed by atoms with van der Waals surface area (Å²) >= 11 is 0. The number of aryl methyl sites for hydroxylation is 1. The smallest absolute Gasteiger partial charge is 0.0726 e. The van der Waals surface area contributed by atoms with E-state index in [1.54, 1.807) is 0 Å². The molecule has 2 aromatic carbocycles. The van der Waals surface area contributed by atoms with E-state index in [0.29, 0.717) is 0 Å². The lowest BCUT2D eigenvalue weighted by Crippen LogP contribution is -2.13. The molecule has 21 heavy (non-hydrogen) atoms. The van der Waals surface area contributed by atoms with E-state index < -0.39 is 0 Å². The molecule has 2 nitrogen and oxygen atoms in total. The van der Waals surface area contributed by atoms with Crippen LogP contribution in [0.2, 0.25) is 0 Å². The van der Waals surface area contributed by atoms with Crippen molar-refractivity contribution in [1.29, 1.82) is 0 Å². The third kappa shape index (κ3) is 3.01. The topological polar surface area (TPSA) is 38.9 Å². The van der Waals surface area contributed by atoms with Crippen LogP contribution in [0.1, 0.15) is 22.9 Å². The first-order valence-corrected chi connectivity index (χ1v) is 7.07. The number of aromatic nitrogens is 1. The first kappa shape index (κ1) is 13.5. The number of nitrogens with zero attached hydrogens (tertiary/aromatic N) is 1. The van der Waals surface area contributed by atoms with Gasteiger partial charge in [-0.25, -0.2) is 0 Å². The molecule has 3 rings (SSSR count). The second-order valence-corrected chi connectivity index (χ2v) is 5.22. The molecule has 2 heteroatoms. The number of hydrogen-bond donors (Lipinski definition) is 1. The van der Waals surface area contributed by atoms with Crippen LogP contribution in [-0.2, 0) is 0 Å². The van der Waals surface area contributed by atoms with Crippen LogP contribution in [0.3, 0.4) is 0 Å². The Labute approximate surface area is 125 Å². The van der Waals surface area contributed by atoms with Crippen LogP contribution in [0.4, 0.5) is 0 Å². The predicted octanol–water partition coefficient (Wildman–Crippen LogP) is 4.11. The minimum absolute atomic E-state index is 0.185. The zero-order valence-electron chi connectivity index (χ0n) is 12.0. The molecule has 0 aliphatic rings. The van der Waals surface area contributed by atoms with Crippen molar-refractivity contribution in [3.63, 3.8) is 0 Å². The molecule has 104 valence electrons. The van der Waals surface area contributed by atoms with E-state index in [2.05, 4.69) is 48.3 Å². The largest absolute Gasteiger partial charge is 0.319 e. The van der Waals surface area contributed by atoms with Gasteiger partial charge in [0.1, 0.15) is 0 Å². The molecule has 0 radical (unpaired) electrons. The summed E-state index contributed by atoms with van der Waals surface area (Å²) in [5, 5.41) is 0.